The number of imidazole rings is 1. The fraction of sp³-hybridized carbons (Fsp3) is 0.0392. The van der Waals surface area contributed by atoms with Gasteiger partial charge in [-0.05, 0) is 115 Å². The number of benzene rings is 9. The molecule has 0 spiro atoms. The number of hydrogen-bond donors (Lipinski definition) is 0. The molecule has 3 aliphatic rings. The summed E-state index contributed by atoms with van der Waals surface area (Å²) in [6, 6.07) is 62.9. The van der Waals surface area contributed by atoms with E-state index in [0.29, 0.717) is 0 Å². The zero-order valence-electron chi connectivity index (χ0n) is 29.5. The van der Waals surface area contributed by atoms with E-state index in [1.807, 2.05) is 0 Å². The Bertz CT molecular complexity index is 3260. The van der Waals surface area contributed by atoms with Gasteiger partial charge >= 0.3 is 0 Å². The van der Waals surface area contributed by atoms with Crippen molar-refractivity contribution in [3.05, 3.63) is 187 Å². The van der Waals surface area contributed by atoms with Gasteiger partial charge in [-0.2, -0.15) is 0 Å². The average Bonchev–Trinajstić information content (AvgIpc) is 3.71. The predicted octanol–water partition coefficient (Wildman–Crippen LogP) is 13.3. The first kappa shape index (κ1) is 28.6. The van der Waals surface area contributed by atoms with Gasteiger partial charge in [0.05, 0.1) is 28.1 Å². The van der Waals surface area contributed by atoms with E-state index in [4.69, 9.17) is 4.98 Å². The maximum absolute atomic E-state index is 5.43. The van der Waals surface area contributed by atoms with E-state index in [-0.39, 0.29) is 5.41 Å². The normalized spacial score (nSPS) is 15.9. The highest BCUT2D eigenvalue weighted by atomic mass is 15.2. The van der Waals surface area contributed by atoms with Crippen molar-refractivity contribution in [1.29, 1.82) is 0 Å². The van der Waals surface area contributed by atoms with E-state index in [1.54, 1.807) is 0 Å². The standard InChI is InChI=1S/C51H31N3/c1-51-42-17-8-6-15-38(42)39-27-28-44-49(47(39)51)54-48-43(51)18-10-20-46(48)53(45-19-9-7-16-40(45)50(54)52-44)32-24-21-30(22-25-32)31-23-26-37-35-13-3-2-11-33(35)34-12-4-5-14-36(34)41(37)29-31/h2-29H,1H3. The Morgan fingerprint density at radius 2 is 1.07 bits per heavy atom. The van der Waals surface area contributed by atoms with Crippen molar-refractivity contribution in [3.63, 3.8) is 0 Å². The van der Waals surface area contributed by atoms with Crippen molar-refractivity contribution in [2.75, 3.05) is 4.90 Å². The Kier molecular flexibility index (Phi) is 5.25. The monoisotopic (exact) mass is 685 g/mol. The minimum Gasteiger partial charge on any atom is -0.308 e. The average molecular weight is 686 g/mol. The van der Waals surface area contributed by atoms with Crippen LogP contribution in [0.2, 0.25) is 0 Å². The Morgan fingerprint density at radius 3 is 1.85 bits per heavy atom. The first-order valence-electron chi connectivity index (χ1n) is 18.8. The van der Waals surface area contributed by atoms with Gasteiger partial charge in [0.15, 0.2) is 0 Å². The zero-order valence-corrected chi connectivity index (χ0v) is 29.5. The van der Waals surface area contributed by atoms with Crippen LogP contribution in [-0.2, 0) is 5.41 Å². The van der Waals surface area contributed by atoms with Gasteiger partial charge in [0.1, 0.15) is 5.82 Å². The Hall–Kier alpha value is -6.97. The summed E-state index contributed by atoms with van der Waals surface area (Å²) >= 11 is 0. The van der Waals surface area contributed by atoms with Crippen molar-refractivity contribution in [1.82, 2.24) is 9.55 Å². The molecule has 0 bridgehead atoms. The lowest BCUT2D eigenvalue weighted by Crippen LogP contribution is -2.29. The molecule has 9 aromatic carbocycles. The topological polar surface area (TPSA) is 21.1 Å². The van der Waals surface area contributed by atoms with Crippen molar-refractivity contribution in [3.8, 4) is 39.3 Å². The van der Waals surface area contributed by atoms with E-state index in [0.717, 1.165) is 34.0 Å². The molecule has 1 aliphatic carbocycles. The van der Waals surface area contributed by atoms with Crippen LogP contribution in [0.5, 0.6) is 0 Å². The second-order valence-electron chi connectivity index (χ2n) is 15.2. The number of aromatic nitrogens is 2. The maximum Gasteiger partial charge on any atom is 0.147 e. The van der Waals surface area contributed by atoms with Gasteiger partial charge in [0, 0.05) is 22.2 Å². The molecular formula is C51H31N3. The molecule has 1 atom stereocenters. The van der Waals surface area contributed by atoms with Gasteiger partial charge in [-0.1, -0.05) is 127 Å². The fourth-order valence-corrected chi connectivity index (χ4v) is 10.4. The highest BCUT2D eigenvalue weighted by molar-refractivity contribution is 6.25. The smallest absolute Gasteiger partial charge is 0.147 e. The van der Waals surface area contributed by atoms with Gasteiger partial charge < -0.3 is 4.90 Å². The SMILES string of the molecule is CC12c3ccccc3-c3ccc4nc5n(c4c31)-c1c(cccc12)N(c1ccc(-c2ccc3c4ccccc4c4ccccc4c3c2)cc1)c1ccccc1-5. The molecule has 2 aliphatic heterocycles. The minimum atomic E-state index is -0.304. The molecule has 250 valence electrons. The van der Waals surface area contributed by atoms with Crippen LogP contribution in [0.1, 0.15) is 23.6 Å². The molecule has 0 saturated heterocycles. The molecule has 10 aromatic rings. The highest BCUT2D eigenvalue weighted by Gasteiger charge is 2.49. The van der Waals surface area contributed by atoms with Gasteiger partial charge in [0.25, 0.3) is 0 Å². The molecule has 1 unspecified atom stereocenters. The van der Waals surface area contributed by atoms with E-state index in [9.17, 15) is 0 Å². The van der Waals surface area contributed by atoms with Crippen molar-refractivity contribution in [2.24, 2.45) is 0 Å². The van der Waals surface area contributed by atoms with Crippen molar-refractivity contribution < 1.29 is 0 Å². The lowest BCUT2D eigenvalue weighted by atomic mass is 9.71. The van der Waals surface area contributed by atoms with Crippen LogP contribution in [-0.4, -0.2) is 9.55 Å². The second kappa shape index (κ2) is 9.91. The molecule has 0 saturated carbocycles. The molecule has 3 nitrogen and oxygen atoms in total. The lowest BCUT2D eigenvalue weighted by Gasteiger charge is -2.37. The Balaban J connectivity index is 1.03. The van der Waals surface area contributed by atoms with Crippen LogP contribution in [0.15, 0.2) is 170 Å². The summed E-state index contributed by atoms with van der Waals surface area (Å²) in [4.78, 5) is 7.88. The van der Waals surface area contributed by atoms with E-state index in [2.05, 4.69) is 186 Å². The van der Waals surface area contributed by atoms with E-state index < -0.39 is 0 Å². The quantitative estimate of drug-likeness (QED) is 0.169. The van der Waals surface area contributed by atoms with Crippen molar-refractivity contribution >= 4 is 60.4 Å². The molecule has 13 rings (SSSR count). The maximum atomic E-state index is 5.43. The molecule has 3 heteroatoms. The van der Waals surface area contributed by atoms with Crippen LogP contribution in [0.25, 0.3) is 82.7 Å². The van der Waals surface area contributed by atoms with Crippen LogP contribution in [0.4, 0.5) is 17.1 Å². The van der Waals surface area contributed by atoms with Crippen LogP contribution >= 0.6 is 0 Å². The van der Waals surface area contributed by atoms with Gasteiger partial charge in [0.2, 0.25) is 0 Å². The summed E-state index contributed by atoms with van der Waals surface area (Å²) in [6.07, 6.45) is 0. The number of hydrogen-bond acceptors (Lipinski definition) is 2. The molecule has 54 heavy (non-hydrogen) atoms. The Labute approximate surface area is 312 Å². The third kappa shape index (κ3) is 3.37. The van der Waals surface area contributed by atoms with Gasteiger partial charge in [-0.15, -0.1) is 0 Å². The minimum absolute atomic E-state index is 0.304. The molecule has 0 amide bonds. The van der Waals surface area contributed by atoms with Crippen LogP contribution in [0, 0.1) is 0 Å². The van der Waals surface area contributed by atoms with E-state index >= 15 is 0 Å². The summed E-state index contributed by atoms with van der Waals surface area (Å²) in [5.74, 6) is 0.996. The first-order valence-corrected chi connectivity index (χ1v) is 18.8. The summed E-state index contributed by atoms with van der Waals surface area (Å²) in [5.41, 5.74) is 16.8. The molecule has 0 N–H and O–H groups in total. The Morgan fingerprint density at radius 1 is 0.463 bits per heavy atom. The number of fused-ring (bicyclic) bond motifs is 12. The summed E-state index contributed by atoms with van der Waals surface area (Å²) < 4.78 is 2.47. The third-order valence-electron chi connectivity index (χ3n) is 12.7. The number of rotatable bonds is 2. The largest absolute Gasteiger partial charge is 0.308 e. The van der Waals surface area contributed by atoms with Crippen molar-refractivity contribution in [2.45, 2.75) is 12.3 Å². The van der Waals surface area contributed by atoms with Crippen LogP contribution < -0.4 is 4.90 Å². The first-order chi connectivity index (χ1) is 26.7. The zero-order chi connectivity index (χ0) is 35.3. The molecular weight excluding hydrogens is 655 g/mol. The molecule has 3 heterocycles. The predicted molar refractivity (Wildman–Crippen MR) is 224 cm³/mol. The third-order valence-corrected chi connectivity index (χ3v) is 12.7. The second-order valence-corrected chi connectivity index (χ2v) is 15.2. The summed E-state index contributed by atoms with van der Waals surface area (Å²) in [5, 5.41) is 7.76. The molecule has 1 aromatic heterocycles. The fourth-order valence-electron chi connectivity index (χ4n) is 10.4. The summed E-state index contributed by atoms with van der Waals surface area (Å²) in [6.45, 7) is 2.43. The van der Waals surface area contributed by atoms with Gasteiger partial charge in [-0.25, -0.2) is 4.98 Å². The highest BCUT2D eigenvalue weighted by Crippen LogP contribution is 2.61. The number of para-hydroxylation sites is 2. The molecule has 0 fully saturated rings. The molecule has 0 radical (unpaired) electrons. The number of nitrogens with zero attached hydrogens (tertiary/aromatic N) is 3. The van der Waals surface area contributed by atoms with Crippen LogP contribution in [0.3, 0.4) is 0 Å². The lowest BCUT2D eigenvalue weighted by molar-refractivity contribution is 0.697. The summed E-state index contributed by atoms with van der Waals surface area (Å²) in [7, 11) is 0. The van der Waals surface area contributed by atoms with Gasteiger partial charge in [-0.3, -0.25) is 4.57 Å². The van der Waals surface area contributed by atoms with E-state index in [1.165, 1.54) is 82.5 Å². The number of anilines is 3.